The van der Waals surface area contributed by atoms with Crippen LogP contribution < -0.4 is 5.73 Å². The maximum atomic E-state index is 6.04. The van der Waals surface area contributed by atoms with Crippen molar-refractivity contribution in [2.45, 2.75) is 37.1 Å². The van der Waals surface area contributed by atoms with Crippen molar-refractivity contribution in [2.24, 2.45) is 5.73 Å². The fraction of sp³-hybridized carbons (Fsp3) is 0.769. The zero-order chi connectivity index (χ0) is 12.5. The molecule has 1 aromatic heterocycles. The van der Waals surface area contributed by atoms with E-state index in [1.165, 1.54) is 24.3 Å². The monoisotopic (exact) mass is 266 g/mol. The molecule has 3 rings (SSSR count). The molecule has 2 unspecified atom stereocenters. The number of rotatable bonds is 4. The van der Waals surface area contributed by atoms with Crippen molar-refractivity contribution in [2.75, 3.05) is 25.4 Å². The van der Waals surface area contributed by atoms with Crippen LogP contribution in [0.1, 0.15) is 37.5 Å². The topological polar surface area (TPSA) is 47.1 Å². The first-order valence-corrected chi connectivity index (χ1v) is 7.92. The average molecular weight is 266 g/mol. The van der Waals surface area contributed by atoms with E-state index in [1.807, 2.05) is 12.5 Å². The molecular formula is C13H22N4S. The molecule has 1 aromatic rings. The molecule has 18 heavy (non-hydrogen) atoms. The zero-order valence-electron chi connectivity index (χ0n) is 11.0. The van der Waals surface area contributed by atoms with Gasteiger partial charge < -0.3 is 10.3 Å². The number of hydrogen-bond donors (Lipinski definition) is 1. The predicted octanol–water partition coefficient (Wildman–Crippen LogP) is 1.66. The normalized spacial score (nSPS) is 27.3. The van der Waals surface area contributed by atoms with E-state index < -0.39 is 0 Å². The summed E-state index contributed by atoms with van der Waals surface area (Å²) >= 11 is 2.06. The van der Waals surface area contributed by atoms with Crippen LogP contribution in [0, 0.1) is 0 Å². The fourth-order valence-electron chi connectivity index (χ4n) is 2.82. The van der Waals surface area contributed by atoms with Gasteiger partial charge in [0.2, 0.25) is 0 Å². The maximum absolute atomic E-state index is 6.04. The quantitative estimate of drug-likeness (QED) is 0.900. The summed E-state index contributed by atoms with van der Waals surface area (Å²) in [6.07, 6.45) is 6.60. The van der Waals surface area contributed by atoms with Crippen LogP contribution in [0.25, 0.3) is 0 Å². The van der Waals surface area contributed by atoms with Crippen LogP contribution >= 0.6 is 11.8 Å². The Hall–Kier alpha value is -0.520. The Bertz CT molecular complexity index is 401. The first-order chi connectivity index (χ1) is 8.79. The summed E-state index contributed by atoms with van der Waals surface area (Å²) in [4.78, 5) is 6.88. The Labute approximate surface area is 113 Å². The Kier molecular flexibility index (Phi) is 3.63. The summed E-state index contributed by atoms with van der Waals surface area (Å²) < 4.78 is 2.35. The number of imidazole rings is 1. The molecule has 0 spiro atoms. The summed E-state index contributed by atoms with van der Waals surface area (Å²) in [5, 5.41) is 0.713. The first-order valence-electron chi connectivity index (χ1n) is 6.87. The van der Waals surface area contributed by atoms with Gasteiger partial charge in [-0.2, -0.15) is 11.8 Å². The van der Waals surface area contributed by atoms with E-state index in [0.29, 0.717) is 23.9 Å². The highest BCUT2D eigenvalue weighted by Crippen LogP contribution is 2.38. The van der Waals surface area contributed by atoms with Gasteiger partial charge in [0.25, 0.3) is 0 Å². The first kappa shape index (κ1) is 12.5. The van der Waals surface area contributed by atoms with Crippen LogP contribution in [0.5, 0.6) is 0 Å². The molecular weight excluding hydrogens is 244 g/mol. The largest absolute Gasteiger partial charge is 0.330 e. The molecule has 1 saturated heterocycles. The maximum Gasteiger partial charge on any atom is 0.0951 e. The third-order valence-electron chi connectivity index (χ3n) is 3.91. The van der Waals surface area contributed by atoms with E-state index in [9.17, 15) is 0 Å². The lowest BCUT2D eigenvalue weighted by Gasteiger charge is -2.36. The molecule has 2 heterocycles. The number of thioether (sulfide) groups is 1. The van der Waals surface area contributed by atoms with Crippen molar-refractivity contribution < 1.29 is 0 Å². The molecule has 0 bridgehead atoms. The molecule has 2 N–H and O–H groups in total. The summed E-state index contributed by atoms with van der Waals surface area (Å²) in [6.45, 7) is 5.29. The number of hydrogen-bond acceptors (Lipinski definition) is 4. The third-order valence-corrected chi connectivity index (χ3v) is 5.05. The second-order valence-electron chi connectivity index (χ2n) is 5.38. The molecule has 1 aliphatic carbocycles. The van der Waals surface area contributed by atoms with E-state index in [4.69, 9.17) is 5.73 Å². The number of aromatic nitrogens is 2. The molecule has 2 fully saturated rings. The van der Waals surface area contributed by atoms with Gasteiger partial charge in [0.05, 0.1) is 18.1 Å². The van der Waals surface area contributed by atoms with Crippen molar-refractivity contribution in [3.63, 3.8) is 0 Å². The summed E-state index contributed by atoms with van der Waals surface area (Å²) in [6, 6.07) is 1.03. The van der Waals surface area contributed by atoms with Crippen LogP contribution in [-0.2, 0) is 0 Å². The summed E-state index contributed by atoms with van der Waals surface area (Å²) in [7, 11) is 0. The molecule has 4 nitrogen and oxygen atoms in total. The highest BCUT2D eigenvalue weighted by Gasteiger charge is 2.31. The van der Waals surface area contributed by atoms with Gasteiger partial charge in [0.15, 0.2) is 0 Å². The molecule has 1 aliphatic heterocycles. The molecule has 1 saturated carbocycles. The molecule has 0 radical (unpaired) electrons. The van der Waals surface area contributed by atoms with Gasteiger partial charge in [-0.1, -0.05) is 6.92 Å². The molecule has 2 aliphatic rings. The lowest BCUT2D eigenvalue weighted by molar-refractivity contribution is 0.203. The van der Waals surface area contributed by atoms with E-state index in [1.54, 1.807) is 0 Å². The van der Waals surface area contributed by atoms with Gasteiger partial charge in [-0.3, -0.25) is 4.90 Å². The highest BCUT2D eigenvalue weighted by molar-refractivity contribution is 7.99. The van der Waals surface area contributed by atoms with E-state index >= 15 is 0 Å². The van der Waals surface area contributed by atoms with Crippen LogP contribution in [0.15, 0.2) is 12.5 Å². The lowest BCUT2D eigenvalue weighted by atomic mass is 10.1. The van der Waals surface area contributed by atoms with Crippen molar-refractivity contribution in [1.82, 2.24) is 14.5 Å². The van der Waals surface area contributed by atoms with Crippen molar-refractivity contribution >= 4 is 11.8 Å². The zero-order valence-corrected chi connectivity index (χ0v) is 11.8. The van der Waals surface area contributed by atoms with Crippen molar-refractivity contribution in [3.8, 4) is 0 Å². The minimum Gasteiger partial charge on any atom is -0.330 e. The van der Waals surface area contributed by atoms with Crippen LogP contribution in [0.2, 0.25) is 0 Å². The van der Waals surface area contributed by atoms with Crippen molar-refractivity contribution in [3.05, 3.63) is 18.2 Å². The molecule has 0 amide bonds. The van der Waals surface area contributed by atoms with Gasteiger partial charge in [0.1, 0.15) is 0 Å². The van der Waals surface area contributed by atoms with Crippen molar-refractivity contribution in [1.29, 1.82) is 0 Å². The van der Waals surface area contributed by atoms with Crippen LogP contribution in [-0.4, -0.2) is 45.1 Å². The molecule has 0 aromatic carbocycles. The lowest BCUT2D eigenvalue weighted by Crippen LogP contribution is -2.42. The summed E-state index contributed by atoms with van der Waals surface area (Å²) in [5.41, 5.74) is 7.36. The average Bonchev–Trinajstić information content (AvgIpc) is 3.10. The fourth-order valence-corrected chi connectivity index (χ4v) is 3.86. The minimum absolute atomic E-state index is 0.344. The predicted molar refractivity (Wildman–Crippen MR) is 75.8 cm³/mol. The van der Waals surface area contributed by atoms with E-state index in [-0.39, 0.29) is 0 Å². The van der Waals surface area contributed by atoms with Gasteiger partial charge >= 0.3 is 0 Å². The number of nitrogens with two attached hydrogens (primary N) is 1. The molecule has 5 heteroatoms. The molecule has 2 atom stereocenters. The summed E-state index contributed by atoms with van der Waals surface area (Å²) in [5.74, 6) is 1.22. The van der Waals surface area contributed by atoms with Crippen LogP contribution in [0.4, 0.5) is 0 Å². The second-order valence-corrected chi connectivity index (χ2v) is 6.93. The SMILES string of the molecule is CC1CN(C(CN)c2cncn2C2CC2)CCS1. The Morgan fingerprint density at radius 3 is 3.06 bits per heavy atom. The third kappa shape index (κ3) is 2.44. The second kappa shape index (κ2) is 5.23. The standard InChI is InChI=1S/C13H22N4S/c1-10-8-16(4-5-18-10)12(6-14)13-7-15-9-17(13)11-2-3-11/h7,9-12H,2-6,8,14H2,1H3. The van der Waals surface area contributed by atoms with E-state index in [2.05, 4.69) is 33.1 Å². The Morgan fingerprint density at radius 2 is 2.39 bits per heavy atom. The Balaban J connectivity index is 1.80. The number of nitrogens with zero attached hydrogens (tertiary/aromatic N) is 3. The minimum atomic E-state index is 0.344. The smallest absolute Gasteiger partial charge is 0.0951 e. The van der Waals surface area contributed by atoms with Gasteiger partial charge in [-0.15, -0.1) is 0 Å². The van der Waals surface area contributed by atoms with E-state index in [0.717, 1.165) is 13.1 Å². The Morgan fingerprint density at radius 1 is 1.56 bits per heavy atom. The highest BCUT2D eigenvalue weighted by atomic mass is 32.2. The van der Waals surface area contributed by atoms with Gasteiger partial charge in [-0.25, -0.2) is 4.98 Å². The van der Waals surface area contributed by atoms with Gasteiger partial charge in [-0.05, 0) is 12.8 Å². The molecule has 100 valence electrons. The van der Waals surface area contributed by atoms with Crippen LogP contribution in [0.3, 0.4) is 0 Å². The van der Waals surface area contributed by atoms with Gasteiger partial charge in [0, 0.05) is 42.9 Å².